The van der Waals surface area contributed by atoms with Crippen LogP contribution in [0.25, 0.3) is 0 Å². The lowest BCUT2D eigenvalue weighted by atomic mass is 9.91. The Kier molecular flexibility index (Phi) is 1.01. The van der Waals surface area contributed by atoms with E-state index in [0.717, 1.165) is 23.7 Å². The molecule has 0 aromatic heterocycles. The lowest BCUT2D eigenvalue weighted by Crippen LogP contribution is -2.07. The molecule has 0 aromatic rings. The van der Waals surface area contributed by atoms with E-state index < -0.39 is 0 Å². The topological polar surface area (TPSA) is 0 Å². The zero-order valence-corrected chi connectivity index (χ0v) is 6.53. The van der Waals surface area contributed by atoms with Crippen molar-refractivity contribution in [1.29, 1.82) is 0 Å². The van der Waals surface area contributed by atoms with E-state index in [4.69, 9.17) is 0 Å². The van der Waals surface area contributed by atoms with Gasteiger partial charge in [-0.1, -0.05) is 12.2 Å². The molecule has 0 heteroatoms. The molecular formula is C11H12. The number of hydrogen-bond donors (Lipinski definition) is 0. The van der Waals surface area contributed by atoms with Gasteiger partial charge in [-0.05, 0) is 48.7 Å². The van der Waals surface area contributed by atoms with Crippen molar-refractivity contribution in [3.8, 4) is 0 Å². The first-order valence-electron chi connectivity index (χ1n) is 4.54. The number of fused-ring (bicyclic) bond motifs is 5. The summed E-state index contributed by atoms with van der Waals surface area (Å²) in [4.78, 5) is 0. The van der Waals surface area contributed by atoms with Crippen molar-refractivity contribution in [2.24, 2.45) is 23.7 Å². The maximum absolute atomic E-state index is 3.29. The lowest BCUT2D eigenvalue weighted by molar-refractivity contribution is 0.418. The van der Waals surface area contributed by atoms with Crippen LogP contribution in [0.1, 0.15) is 12.8 Å². The van der Waals surface area contributed by atoms with Crippen LogP contribution in [0.4, 0.5) is 0 Å². The van der Waals surface area contributed by atoms with Gasteiger partial charge in [0.05, 0.1) is 0 Å². The van der Waals surface area contributed by atoms with Gasteiger partial charge in [-0.3, -0.25) is 0 Å². The van der Waals surface area contributed by atoms with Gasteiger partial charge in [0.2, 0.25) is 0 Å². The molecule has 4 atom stereocenters. The van der Waals surface area contributed by atoms with E-state index in [1.165, 1.54) is 12.8 Å². The fraction of sp³-hybridized carbons (Fsp3) is 0.545. The first-order chi connectivity index (χ1) is 5.45. The van der Waals surface area contributed by atoms with Crippen LogP contribution in [0.2, 0.25) is 0 Å². The summed E-state index contributed by atoms with van der Waals surface area (Å²) in [5.74, 6) is 3.48. The van der Waals surface area contributed by atoms with Crippen molar-refractivity contribution in [2.75, 3.05) is 0 Å². The average molecular weight is 144 g/mol. The highest BCUT2D eigenvalue weighted by molar-refractivity contribution is 5.19. The van der Waals surface area contributed by atoms with Gasteiger partial charge >= 0.3 is 0 Å². The third kappa shape index (κ3) is 0.657. The highest BCUT2D eigenvalue weighted by atomic mass is 14.5. The van der Waals surface area contributed by atoms with E-state index in [-0.39, 0.29) is 0 Å². The summed E-state index contributed by atoms with van der Waals surface area (Å²) < 4.78 is 0. The minimum Gasteiger partial charge on any atom is -0.129 e. The molecule has 2 bridgehead atoms. The second-order valence-corrected chi connectivity index (χ2v) is 3.97. The molecule has 0 spiro atoms. The molecule has 0 radical (unpaired) electrons. The Bertz CT molecular complexity index is 266. The Morgan fingerprint density at radius 2 is 2.09 bits per heavy atom. The van der Waals surface area contributed by atoms with Gasteiger partial charge < -0.3 is 0 Å². The summed E-state index contributed by atoms with van der Waals surface area (Å²) in [7, 11) is 0. The molecule has 1 fully saturated rings. The van der Waals surface area contributed by atoms with Crippen LogP contribution in [0.5, 0.6) is 0 Å². The van der Waals surface area contributed by atoms with Crippen LogP contribution in [0.3, 0.4) is 0 Å². The zero-order chi connectivity index (χ0) is 7.26. The van der Waals surface area contributed by atoms with Crippen molar-refractivity contribution in [3.05, 3.63) is 30.0 Å². The Balaban J connectivity index is 2.05. The molecule has 3 aliphatic carbocycles. The maximum atomic E-state index is 3.29. The van der Waals surface area contributed by atoms with Crippen molar-refractivity contribution in [3.63, 3.8) is 0 Å². The summed E-state index contributed by atoms with van der Waals surface area (Å²) in [5.41, 5.74) is 3.29. The van der Waals surface area contributed by atoms with Crippen molar-refractivity contribution in [2.45, 2.75) is 12.8 Å². The highest BCUT2D eigenvalue weighted by Gasteiger charge is 2.42. The van der Waals surface area contributed by atoms with E-state index >= 15 is 0 Å². The van der Waals surface area contributed by atoms with Crippen molar-refractivity contribution < 1.29 is 0 Å². The minimum atomic E-state index is 0.828. The molecule has 0 heterocycles. The van der Waals surface area contributed by atoms with E-state index in [2.05, 4.69) is 30.0 Å². The Morgan fingerprint density at radius 3 is 3.09 bits per heavy atom. The van der Waals surface area contributed by atoms with Gasteiger partial charge in [0, 0.05) is 0 Å². The summed E-state index contributed by atoms with van der Waals surface area (Å²) in [6, 6.07) is 0. The average Bonchev–Trinajstić information content (AvgIpc) is 2.58. The van der Waals surface area contributed by atoms with E-state index in [1.807, 2.05) is 0 Å². The van der Waals surface area contributed by atoms with Gasteiger partial charge in [-0.25, -0.2) is 0 Å². The molecule has 56 valence electrons. The number of allylic oxidation sites excluding steroid dienone is 3. The third-order valence-corrected chi connectivity index (χ3v) is 3.47. The second-order valence-electron chi connectivity index (χ2n) is 3.97. The van der Waals surface area contributed by atoms with Gasteiger partial charge in [-0.15, -0.1) is 5.73 Å². The van der Waals surface area contributed by atoms with E-state index in [1.54, 1.807) is 0 Å². The fourth-order valence-electron chi connectivity index (χ4n) is 2.93. The molecule has 0 nitrogen and oxygen atoms in total. The minimum absolute atomic E-state index is 0.828. The first-order valence-corrected chi connectivity index (χ1v) is 4.54. The summed E-state index contributed by atoms with van der Waals surface area (Å²) in [6.45, 7) is 0. The van der Waals surface area contributed by atoms with E-state index in [9.17, 15) is 0 Å². The quantitative estimate of drug-likeness (QED) is 0.362. The Labute approximate surface area is 67.3 Å². The van der Waals surface area contributed by atoms with Crippen LogP contribution in [-0.2, 0) is 0 Å². The van der Waals surface area contributed by atoms with Gasteiger partial charge in [0.15, 0.2) is 0 Å². The fourth-order valence-corrected chi connectivity index (χ4v) is 2.93. The summed E-state index contributed by atoms with van der Waals surface area (Å²) >= 11 is 0. The molecule has 0 saturated heterocycles. The molecule has 0 aliphatic heterocycles. The molecule has 0 aromatic carbocycles. The van der Waals surface area contributed by atoms with Gasteiger partial charge in [0.25, 0.3) is 0 Å². The number of hydrogen-bond acceptors (Lipinski definition) is 0. The van der Waals surface area contributed by atoms with Gasteiger partial charge in [-0.2, -0.15) is 0 Å². The monoisotopic (exact) mass is 144 g/mol. The van der Waals surface area contributed by atoms with Crippen LogP contribution >= 0.6 is 0 Å². The summed E-state index contributed by atoms with van der Waals surface area (Å²) in [6.07, 6.45) is 12.1. The maximum Gasteiger partial charge on any atom is -0.00857 e. The smallest absolute Gasteiger partial charge is 0.00857 e. The molecule has 0 N–H and O–H groups in total. The SMILES string of the molecule is C1=CC2CC(C=1)C1CC=CC21. The lowest BCUT2D eigenvalue weighted by Gasteiger charge is -2.12. The van der Waals surface area contributed by atoms with Crippen molar-refractivity contribution >= 4 is 0 Å². The number of rotatable bonds is 0. The Hall–Kier alpha value is -0.740. The highest BCUT2D eigenvalue weighted by Crippen LogP contribution is 2.49. The van der Waals surface area contributed by atoms with Crippen LogP contribution in [0, 0.1) is 23.7 Å². The molecular weight excluding hydrogens is 132 g/mol. The normalized spacial score (nSPS) is 50.2. The predicted molar refractivity (Wildman–Crippen MR) is 45.0 cm³/mol. The summed E-state index contributed by atoms with van der Waals surface area (Å²) in [5, 5.41) is 0. The van der Waals surface area contributed by atoms with Crippen molar-refractivity contribution in [1.82, 2.24) is 0 Å². The van der Waals surface area contributed by atoms with Gasteiger partial charge in [0.1, 0.15) is 0 Å². The molecule has 11 heavy (non-hydrogen) atoms. The zero-order valence-electron chi connectivity index (χ0n) is 6.53. The predicted octanol–water partition coefficient (Wildman–Crippen LogP) is 2.54. The molecule has 3 rings (SSSR count). The Morgan fingerprint density at radius 1 is 1.18 bits per heavy atom. The molecule has 3 aliphatic rings. The third-order valence-electron chi connectivity index (χ3n) is 3.47. The first kappa shape index (κ1) is 5.85. The van der Waals surface area contributed by atoms with Crippen LogP contribution in [0.15, 0.2) is 30.0 Å². The second kappa shape index (κ2) is 1.89. The van der Waals surface area contributed by atoms with E-state index in [0.29, 0.717) is 0 Å². The molecule has 0 amide bonds. The largest absolute Gasteiger partial charge is 0.129 e. The standard InChI is InChI=1S/C11H12/c1-3-8-7-9(4-1)11-6-2-5-10(8)11/h2-5,8-11H,6-7H2. The van der Waals surface area contributed by atoms with Crippen LogP contribution in [-0.4, -0.2) is 0 Å². The molecule has 1 saturated carbocycles. The van der Waals surface area contributed by atoms with Crippen LogP contribution < -0.4 is 0 Å². The molecule has 4 unspecified atom stereocenters.